The highest BCUT2D eigenvalue weighted by Gasteiger charge is 2.13. The fourth-order valence-corrected chi connectivity index (χ4v) is 3.78. The first-order chi connectivity index (χ1) is 17.0. The van der Waals surface area contributed by atoms with Gasteiger partial charge >= 0.3 is 0 Å². The summed E-state index contributed by atoms with van der Waals surface area (Å²) in [6.45, 7) is 13.0. The van der Waals surface area contributed by atoms with Gasteiger partial charge in [0.1, 0.15) is 0 Å². The lowest BCUT2D eigenvalue weighted by Crippen LogP contribution is -2.13. The second kappa shape index (κ2) is 10.4. The van der Waals surface area contributed by atoms with Gasteiger partial charge in [-0.1, -0.05) is 32.9 Å². The Morgan fingerprint density at radius 3 is 1.31 bits per heavy atom. The predicted octanol–water partition coefficient (Wildman–Crippen LogP) is 8.91. The normalized spacial score (nSPS) is 13.5. The van der Waals surface area contributed by atoms with Crippen molar-refractivity contribution in [1.82, 2.24) is 0 Å². The minimum Gasteiger partial charge on any atom is -0.356 e. The zero-order valence-electron chi connectivity index (χ0n) is 22.1. The fourth-order valence-electron chi connectivity index (χ4n) is 3.78. The molecule has 0 unspecified atom stereocenters. The minimum atomic E-state index is -0.0866. The number of nitrogens with one attached hydrogen (secondary N) is 2. The quantitative estimate of drug-likeness (QED) is 0.361. The molecule has 0 saturated carbocycles. The molecule has 0 bridgehead atoms. The highest BCUT2D eigenvalue weighted by atomic mass is 14.9. The third-order valence-electron chi connectivity index (χ3n) is 5.65. The van der Waals surface area contributed by atoms with Crippen LogP contribution in [0.2, 0.25) is 0 Å². The lowest BCUT2D eigenvalue weighted by atomic mass is 9.87. The van der Waals surface area contributed by atoms with Gasteiger partial charge in [-0.05, 0) is 117 Å². The Bertz CT molecular complexity index is 1280. The highest BCUT2D eigenvalue weighted by Crippen LogP contribution is 2.26. The molecule has 0 fully saturated rings. The van der Waals surface area contributed by atoms with Crippen molar-refractivity contribution in [2.75, 3.05) is 10.6 Å². The second-order valence-corrected chi connectivity index (χ2v) is 11.1. The molecule has 0 aliphatic heterocycles. The molecule has 0 amide bonds. The van der Waals surface area contributed by atoms with Gasteiger partial charge < -0.3 is 10.6 Å². The summed E-state index contributed by atoms with van der Waals surface area (Å²) in [6.07, 6.45) is 8.04. The highest BCUT2D eigenvalue weighted by molar-refractivity contribution is 6.19. The Balaban J connectivity index is 1.34. The Morgan fingerprint density at radius 2 is 0.889 bits per heavy atom. The van der Waals surface area contributed by atoms with Gasteiger partial charge in [-0.25, -0.2) is 4.99 Å². The molecule has 4 rings (SSSR count). The number of anilines is 4. The zero-order valence-corrected chi connectivity index (χ0v) is 22.1. The van der Waals surface area contributed by atoms with Crippen LogP contribution in [0.4, 0.5) is 28.4 Å². The van der Waals surface area contributed by atoms with Gasteiger partial charge in [-0.2, -0.15) is 0 Å². The number of benzene rings is 3. The summed E-state index contributed by atoms with van der Waals surface area (Å²) in [5.41, 5.74) is 8.40. The molecule has 36 heavy (non-hydrogen) atoms. The van der Waals surface area contributed by atoms with Crippen molar-refractivity contribution in [3.8, 4) is 0 Å². The van der Waals surface area contributed by atoms with Crippen LogP contribution in [-0.4, -0.2) is 17.0 Å². The molecule has 1 aliphatic rings. The molecule has 0 heterocycles. The van der Waals surface area contributed by atoms with E-state index in [0.29, 0.717) is 0 Å². The van der Waals surface area contributed by atoms with Gasteiger partial charge in [0.2, 0.25) is 0 Å². The van der Waals surface area contributed by atoms with Crippen LogP contribution in [0.25, 0.3) is 0 Å². The van der Waals surface area contributed by atoms with E-state index in [0.717, 1.165) is 39.9 Å². The van der Waals surface area contributed by atoms with E-state index in [9.17, 15) is 0 Å². The van der Waals surface area contributed by atoms with Gasteiger partial charge in [-0.15, -0.1) is 0 Å². The lowest BCUT2D eigenvalue weighted by molar-refractivity contribution is 0.585. The predicted molar refractivity (Wildman–Crippen MR) is 157 cm³/mol. The van der Waals surface area contributed by atoms with Gasteiger partial charge in [0, 0.05) is 22.7 Å². The molecular weight excluding hydrogens is 440 g/mol. The van der Waals surface area contributed by atoms with Crippen LogP contribution in [0.3, 0.4) is 0 Å². The van der Waals surface area contributed by atoms with E-state index >= 15 is 0 Å². The van der Waals surface area contributed by atoms with Crippen LogP contribution in [0.15, 0.2) is 107 Å². The topological polar surface area (TPSA) is 48.8 Å². The Labute approximate surface area is 215 Å². The summed E-state index contributed by atoms with van der Waals surface area (Å²) < 4.78 is 0. The molecule has 3 aromatic carbocycles. The lowest BCUT2D eigenvalue weighted by Gasteiger charge is -2.19. The number of nitrogens with zero attached hydrogens (tertiary/aromatic N) is 2. The van der Waals surface area contributed by atoms with E-state index in [1.807, 2.05) is 48.6 Å². The maximum atomic E-state index is 4.72. The van der Waals surface area contributed by atoms with Crippen molar-refractivity contribution in [3.05, 3.63) is 103 Å². The SMILES string of the molecule is CC(C)(C)N=C1C=CC(=Nc2ccc(Nc3ccc(Nc4ccc(C(C)(C)C)cc4)cc3)cc2)C=C1. The number of rotatable bonds is 5. The number of hydrogen-bond donors (Lipinski definition) is 2. The number of aliphatic imine (C=N–C) groups is 2. The van der Waals surface area contributed by atoms with Crippen LogP contribution in [0, 0.1) is 0 Å². The van der Waals surface area contributed by atoms with E-state index in [4.69, 9.17) is 4.99 Å². The summed E-state index contributed by atoms with van der Waals surface area (Å²) in [5.74, 6) is 0. The zero-order chi connectivity index (χ0) is 25.8. The molecule has 0 saturated heterocycles. The van der Waals surface area contributed by atoms with Crippen molar-refractivity contribution < 1.29 is 0 Å². The third-order valence-corrected chi connectivity index (χ3v) is 5.65. The van der Waals surface area contributed by atoms with Crippen LogP contribution in [-0.2, 0) is 5.41 Å². The fraction of sp³-hybridized carbons (Fsp3) is 0.250. The molecule has 1 aliphatic carbocycles. The first-order valence-electron chi connectivity index (χ1n) is 12.4. The van der Waals surface area contributed by atoms with Gasteiger partial charge in [0.05, 0.1) is 22.6 Å². The Hall–Kier alpha value is -3.92. The summed E-state index contributed by atoms with van der Waals surface area (Å²) in [7, 11) is 0. The maximum Gasteiger partial charge on any atom is 0.0638 e. The maximum absolute atomic E-state index is 4.72. The van der Waals surface area contributed by atoms with Crippen LogP contribution in [0.5, 0.6) is 0 Å². The number of allylic oxidation sites excluding steroid dienone is 4. The summed E-state index contributed by atoms with van der Waals surface area (Å²) >= 11 is 0. The van der Waals surface area contributed by atoms with Crippen molar-refractivity contribution in [2.24, 2.45) is 9.98 Å². The molecule has 3 aromatic rings. The third kappa shape index (κ3) is 7.29. The smallest absolute Gasteiger partial charge is 0.0638 e. The van der Waals surface area contributed by atoms with Gasteiger partial charge in [-0.3, -0.25) is 4.99 Å². The molecule has 4 heteroatoms. The summed E-state index contributed by atoms with van der Waals surface area (Å²) in [5, 5.41) is 6.93. The van der Waals surface area contributed by atoms with E-state index in [2.05, 4.69) is 106 Å². The molecular formula is C32H36N4. The van der Waals surface area contributed by atoms with E-state index in [-0.39, 0.29) is 11.0 Å². The molecule has 184 valence electrons. The van der Waals surface area contributed by atoms with E-state index in [1.54, 1.807) is 0 Å². The average Bonchev–Trinajstić information content (AvgIpc) is 2.82. The van der Waals surface area contributed by atoms with Crippen LogP contribution >= 0.6 is 0 Å². The van der Waals surface area contributed by atoms with Crippen molar-refractivity contribution in [2.45, 2.75) is 52.5 Å². The molecule has 4 nitrogen and oxygen atoms in total. The minimum absolute atomic E-state index is 0.0866. The van der Waals surface area contributed by atoms with E-state index in [1.165, 1.54) is 5.56 Å². The summed E-state index contributed by atoms with van der Waals surface area (Å²) in [4.78, 5) is 9.39. The van der Waals surface area contributed by atoms with E-state index < -0.39 is 0 Å². The van der Waals surface area contributed by atoms with Crippen molar-refractivity contribution >= 4 is 39.9 Å². The number of hydrogen-bond acceptors (Lipinski definition) is 4. The molecule has 0 atom stereocenters. The summed E-state index contributed by atoms with van der Waals surface area (Å²) in [6, 6.07) is 25.1. The monoisotopic (exact) mass is 476 g/mol. The van der Waals surface area contributed by atoms with Crippen LogP contribution in [0.1, 0.15) is 47.1 Å². The standard InChI is InChI=1S/C32H36N4/c1-31(2,3)23-7-9-24(10-8-23)33-25-11-13-26(14-12-25)34-27-15-17-28(18-16-27)35-29-19-21-30(22-20-29)36-32(4,5)6/h7-22,33-34H,1-6H3. The van der Waals surface area contributed by atoms with Gasteiger partial charge in [0.15, 0.2) is 0 Å². The molecule has 0 spiro atoms. The first kappa shape index (κ1) is 25.2. The van der Waals surface area contributed by atoms with Crippen LogP contribution < -0.4 is 10.6 Å². The Morgan fingerprint density at radius 1 is 0.500 bits per heavy atom. The van der Waals surface area contributed by atoms with Crippen molar-refractivity contribution in [3.63, 3.8) is 0 Å². The molecule has 2 N–H and O–H groups in total. The van der Waals surface area contributed by atoms with Crippen molar-refractivity contribution in [1.29, 1.82) is 0 Å². The average molecular weight is 477 g/mol. The second-order valence-electron chi connectivity index (χ2n) is 11.1. The largest absolute Gasteiger partial charge is 0.356 e. The first-order valence-corrected chi connectivity index (χ1v) is 12.4. The molecule has 0 aromatic heterocycles. The Kier molecular flexibility index (Phi) is 7.25. The molecule has 0 radical (unpaired) electrons. The van der Waals surface area contributed by atoms with Gasteiger partial charge in [0.25, 0.3) is 0 Å².